The number of fused-ring (bicyclic) bond motifs is 1. The molecule has 0 spiro atoms. The first-order chi connectivity index (χ1) is 15.9. The molecule has 4 aromatic rings. The molecule has 0 unspecified atom stereocenters. The maximum atomic E-state index is 13.1. The van der Waals surface area contributed by atoms with Gasteiger partial charge in [0.15, 0.2) is 5.82 Å². The Labute approximate surface area is 186 Å². The van der Waals surface area contributed by atoms with Crippen molar-refractivity contribution in [2.24, 2.45) is 5.73 Å². The molecule has 0 bridgehead atoms. The molecule has 1 aromatic carbocycles. The fourth-order valence-electron chi connectivity index (χ4n) is 3.08. The van der Waals surface area contributed by atoms with E-state index < -0.39 is 41.0 Å². The molecular weight excluding hydrogens is 466 g/mol. The largest absolute Gasteiger partial charge is 0.433 e. The standard InChI is InChI=1S/C21H12F6N6O/c22-20(23,24)16-7-13(8-17(31-16)21(25,26)27)19-30-10-33(32-19)9-14(18(28)34)11-3-4-15-12(6-11)2-1-5-29-15/h1-10H,(H2,28,34)/b14-9+. The van der Waals surface area contributed by atoms with E-state index in [0.717, 1.165) is 17.2 Å². The SMILES string of the molecule is NC(=O)/C(=C/n1cnc(-c2cc(C(F)(F)F)nc(C(F)(F)F)c2)n1)c1ccc2ncccc2c1. The van der Waals surface area contributed by atoms with Crippen molar-refractivity contribution in [3.8, 4) is 11.4 Å². The summed E-state index contributed by atoms with van der Waals surface area (Å²) in [7, 11) is 0. The number of hydrogen-bond donors (Lipinski definition) is 1. The molecule has 0 radical (unpaired) electrons. The zero-order chi connectivity index (χ0) is 24.7. The number of hydrogen-bond acceptors (Lipinski definition) is 5. The summed E-state index contributed by atoms with van der Waals surface area (Å²) >= 11 is 0. The van der Waals surface area contributed by atoms with E-state index in [9.17, 15) is 31.1 Å². The van der Waals surface area contributed by atoms with E-state index in [4.69, 9.17) is 5.73 Å². The normalized spacial score (nSPS) is 12.8. The number of pyridine rings is 2. The lowest BCUT2D eigenvalue weighted by Crippen LogP contribution is -2.15. The van der Waals surface area contributed by atoms with Gasteiger partial charge in [0, 0.05) is 23.3 Å². The number of benzene rings is 1. The highest BCUT2D eigenvalue weighted by molar-refractivity contribution is 6.22. The Morgan fingerprint density at radius 3 is 2.24 bits per heavy atom. The van der Waals surface area contributed by atoms with Crippen LogP contribution in [-0.4, -0.2) is 30.6 Å². The molecule has 174 valence electrons. The average Bonchev–Trinajstić information content (AvgIpc) is 3.24. The summed E-state index contributed by atoms with van der Waals surface area (Å²) in [6, 6.07) is 9.15. The number of nitrogens with zero attached hydrogens (tertiary/aromatic N) is 5. The Morgan fingerprint density at radius 2 is 1.62 bits per heavy atom. The number of primary amides is 1. The van der Waals surface area contributed by atoms with Crippen molar-refractivity contribution in [2.45, 2.75) is 12.4 Å². The van der Waals surface area contributed by atoms with Crippen LogP contribution in [0, 0.1) is 0 Å². The van der Waals surface area contributed by atoms with E-state index in [1.807, 2.05) is 0 Å². The number of nitrogens with two attached hydrogens (primary N) is 1. The predicted molar refractivity (Wildman–Crippen MR) is 108 cm³/mol. The van der Waals surface area contributed by atoms with Gasteiger partial charge in [-0.25, -0.2) is 14.6 Å². The van der Waals surface area contributed by atoms with Crippen LogP contribution in [0.25, 0.3) is 34.1 Å². The summed E-state index contributed by atoms with van der Waals surface area (Å²) < 4.78 is 79.4. The maximum Gasteiger partial charge on any atom is 0.433 e. The van der Waals surface area contributed by atoms with Crippen LogP contribution < -0.4 is 5.73 Å². The van der Waals surface area contributed by atoms with E-state index >= 15 is 0 Å². The first-order valence-electron chi connectivity index (χ1n) is 9.36. The van der Waals surface area contributed by atoms with E-state index in [-0.39, 0.29) is 5.57 Å². The summed E-state index contributed by atoms with van der Waals surface area (Å²) in [5.41, 5.74) is 2.46. The first-order valence-corrected chi connectivity index (χ1v) is 9.36. The number of carbonyl (C=O) groups is 1. The summed E-state index contributed by atoms with van der Waals surface area (Å²) in [5.74, 6) is -1.29. The molecule has 7 nitrogen and oxygen atoms in total. The molecule has 2 N–H and O–H groups in total. The highest BCUT2D eigenvalue weighted by atomic mass is 19.4. The van der Waals surface area contributed by atoms with Crippen LogP contribution in [-0.2, 0) is 17.1 Å². The Hall–Kier alpha value is -4.29. The number of halogens is 6. The second-order valence-electron chi connectivity index (χ2n) is 6.99. The number of rotatable bonds is 4. The minimum Gasteiger partial charge on any atom is -0.366 e. The molecule has 4 rings (SSSR count). The minimum absolute atomic E-state index is 0.0242. The van der Waals surface area contributed by atoms with Gasteiger partial charge in [-0.1, -0.05) is 12.1 Å². The summed E-state index contributed by atoms with van der Waals surface area (Å²) in [6.45, 7) is 0. The first kappa shape index (κ1) is 22.9. The van der Waals surface area contributed by atoms with Gasteiger partial charge in [-0.2, -0.15) is 26.3 Å². The smallest absolute Gasteiger partial charge is 0.366 e. The van der Waals surface area contributed by atoms with Crippen LogP contribution in [0.1, 0.15) is 17.0 Å². The van der Waals surface area contributed by atoms with E-state index in [0.29, 0.717) is 28.6 Å². The van der Waals surface area contributed by atoms with Gasteiger partial charge in [0.2, 0.25) is 0 Å². The highest BCUT2D eigenvalue weighted by Crippen LogP contribution is 2.35. The van der Waals surface area contributed by atoms with Crippen LogP contribution in [0.2, 0.25) is 0 Å². The second-order valence-corrected chi connectivity index (χ2v) is 6.99. The third-order valence-electron chi connectivity index (χ3n) is 4.61. The minimum atomic E-state index is -5.12. The summed E-state index contributed by atoms with van der Waals surface area (Å²) in [6.07, 6.45) is -6.48. The molecule has 3 heterocycles. The Kier molecular flexibility index (Phi) is 5.55. The topological polar surface area (TPSA) is 99.6 Å². The number of alkyl halides is 6. The van der Waals surface area contributed by atoms with Crippen molar-refractivity contribution >= 4 is 28.6 Å². The molecule has 0 aliphatic rings. The van der Waals surface area contributed by atoms with Gasteiger partial charge in [-0.3, -0.25) is 9.78 Å². The molecule has 0 fully saturated rings. The maximum absolute atomic E-state index is 13.1. The fraction of sp³-hybridized carbons (Fsp3) is 0.0952. The molecule has 0 aliphatic heterocycles. The molecule has 1 amide bonds. The van der Waals surface area contributed by atoms with Crippen molar-refractivity contribution in [1.29, 1.82) is 0 Å². The Balaban J connectivity index is 1.76. The van der Waals surface area contributed by atoms with E-state index in [1.165, 1.54) is 0 Å². The highest BCUT2D eigenvalue weighted by Gasteiger charge is 2.39. The quantitative estimate of drug-likeness (QED) is 0.346. The number of carbonyl (C=O) groups excluding carboxylic acids is 1. The molecule has 0 saturated carbocycles. The zero-order valence-electron chi connectivity index (χ0n) is 16.8. The van der Waals surface area contributed by atoms with Gasteiger partial charge in [0.1, 0.15) is 17.7 Å². The van der Waals surface area contributed by atoms with Crippen molar-refractivity contribution in [1.82, 2.24) is 24.7 Å². The lowest BCUT2D eigenvalue weighted by Gasteiger charge is -2.11. The van der Waals surface area contributed by atoms with Gasteiger partial charge in [0.05, 0.1) is 11.1 Å². The Bertz CT molecular complexity index is 1390. The van der Waals surface area contributed by atoms with Gasteiger partial charge < -0.3 is 5.73 Å². The third-order valence-corrected chi connectivity index (χ3v) is 4.61. The van der Waals surface area contributed by atoms with Crippen LogP contribution >= 0.6 is 0 Å². The third kappa shape index (κ3) is 4.72. The lowest BCUT2D eigenvalue weighted by atomic mass is 10.0. The second kappa shape index (κ2) is 8.24. The van der Waals surface area contributed by atoms with Gasteiger partial charge >= 0.3 is 12.4 Å². The van der Waals surface area contributed by atoms with E-state index in [2.05, 4.69) is 20.1 Å². The number of amides is 1. The van der Waals surface area contributed by atoms with Crippen molar-refractivity contribution in [3.63, 3.8) is 0 Å². The zero-order valence-corrected chi connectivity index (χ0v) is 16.8. The molecule has 0 atom stereocenters. The van der Waals surface area contributed by atoms with Crippen LogP contribution in [0.5, 0.6) is 0 Å². The molecule has 0 aliphatic carbocycles. The van der Waals surface area contributed by atoms with Crippen molar-refractivity contribution in [2.75, 3.05) is 0 Å². The Morgan fingerprint density at radius 1 is 0.941 bits per heavy atom. The van der Waals surface area contributed by atoms with Crippen molar-refractivity contribution in [3.05, 3.63) is 71.9 Å². The average molecular weight is 478 g/mol. The predicted octanol–water partition coefficient (Wildman–Crippen LogP) is 4.41. The molecule has 13 heteroatoms. The molecule has 3 aromatic heterocycles. The monoisotopic (exact) mass is 478 g/mol. The van der Waals surface area contributed by atoms with Crippen molar-refractivity contribution < 1.29 is 31.1 Å². The van der Waals surface area contributed by atoms with E-state index in [1.54, 1.807) is 36.5 Å². The fourth-order valence-corrected chi connectivity index (χ4v) is 3.08. The summed E-state index contributed by atoms with van der Waals surface area (Å²) in [4.78, 5) is 22.6. The van der Waals surface area contributed by atoms with Gasteiger partial charge in [-0.15, -0.1) is 5.10 Å². The van der Waals surface area contributed by atoms with Gasteiger partial charge in [0.25, 0.3) is 5.91 Å². The van der Waals surface area contributed by atoms with Crippen LogP contribution in [0.4, 0.5) is 26.3 Å². The molecular formula is C21H12F6N6O. The number of aromatic nitrogens is 5. The summed E-state index contributed by atoms with van der Waals surface area (Å²) in [5, 5.41) is 4.59. The molecule has 0 saturated heterocycles. The lowest BCUT2D eigenvalue weighted by molar-refractivity contribution is -0.150. The van der Waals surface area contributed by atoms with Gasteiger partial charge in [-0.05, 0) is 35.9 Å². The molecule has 34 heavy (non-hydrogen) atoms. The van der Waals surface area contributed by atoms with Crippen LogP contribution in [0.15, 0.2) is 55.0 Å². The van der Waals surface area contributed by atoms with Crippen LogP contribution in [0.3, 0.4) is 0 Å².